The monoisotopic (exact) mass is 249 g/mol. The summed E-state index contributed by atoms with van der Waals surface area (Å²) in [7, 11) is 0. The van der Waals surface area contributed by atoms with Crippen LogP contribution < -0.4 is 5.32 Å². The maximum absolute atomic E-state index is 12.4. The number of rotatable bonds is 2. The van der Waals surface area contributed by atoms with Crippen molar-refractivity contribution in [3.63, 3.8) is 0 Å². The Kier molecular flexibility index (Phi) is 3.54. The Morgan fingerprint density at radius 3 is 2.75 bits per heavy atom. The summed E-state index contributed by atoms with van der Waals surface area (Å²) in [5.41, 5.74) is 0. The van der Waals surface area contributed by atoms with Crippen LogP contribution in [0.1, 0.15) is 22.6 Å². The molecule has 1 aromatic heterocycles. The van der Waals surface area contributed by atoms with Gasteiger partial charge in [0, 0.05) is 4.88 Å². The number of nitrogens with one attached hydrogen (secondary N) is 1. The number of halogens is 3. The van der Waals surface area contributed by atoms with Gasteiger partial charge in [-0.1, -0.05) is 0 Å². The van der Waals surface area contributed by atoms with Crippen molar-refractivity contribution >= 4 is 11.3 Å². The maximum Gasteiger partial charge on any atom is 0.425 e. The molecule has 0 saturated carbocycles. The molecule has 1 fully saturated rings. The van der Waals surface area contributed by atoms with E-state index in [1.165, 1.54) is 6.07 Å². The van der Waals surface area contributed by atoms with Gasteiger partial charge in [-0.2, -0.15) is 13.2 Å². The van der Waals surface area contributed by atoms with Crippen molar-refractivity contribution in [2.24, 2.45) is 5.92 Å². The summed E-state index contributed by atoms with van der Waals surface area (Å²) in [5, 5.41) is 3.27. The molecule has 1 saturated heterocycles. The van der Waals surface area contributed by atoms with Gasteiger partial charge in [0.05, 0.1) is 0 Å². The van der Waals surface area contributed by atoms with Gasteiger partial charge in [0.25, 0.3) is 0 Å². The van der Waals surface area contributed by atoms with Gasteiger partial charge in [-0.15, -0.1) is 11.3 Å². The first kappa shape index (κ1) is 11.9. The fourth-order valence-electron chi connectivity index (χ4n) is 2.02. The van der Waals surface area contributed by atoms with E-state index in [-0.39, 0.29) is 0 Å². The van der Waals surface area contributed by atoms with E-state index in [0.717, 1.165) is 48.6 Å². The number of piperidine rings is 1. The Bertz CT molecular complexity index is 339. The molecule has 0 spiro atoms. The molecule has 1 nitrogen and oxygen atoms in total. The van der Waals surface area contributed by atoms with Crippen LogP contribution in [0.3, 0.4) is 0 Å². The molecule has 1 atom stereocenters. The molecule has 16 heavy (non-hydrogen) atoms. The fraction of sp³-hybridized carbons (Fsp3) is 0.636. The lowest BCUT2D eigenvalue weighted by molar-refractivity contribution is -0.134. The molecule has 90 valence electrons. The summed E-state index contributed by atoms with van der Waals surface area (Å²) >= 11 is 0.881. The van der Waals surface area contributed by atoms with Crippen molar-refractivity contribution in [3.05, 3.63) is 21.9 Å². The van der Waals surface area contributed by atoms with E-state index in [9.17, 15) is 13.2 Å². The summed E-state index contributed by atoms with van der Waals surface area (Å²) in [4.78, 5) is 0.368. The van der Waals surface area contributed by atoms with Crippen molar-refractivity contribution in [2.45, 2.75) is 25.4 Å². The molecule has 1 aromatic rings. The van der Waals surface area contributed by atoms with E-state index in [0.29, 0.717) is 5.92 Å². The molecule has 1 unspecified atom stereocenters. The van der Waals surface area contributed by atoms with E-state index < -0.39 is 11.1 Å². The van der Waals surface area contributed by atoms with E-state index >= 15 is 0 Å². The Labute approximate surface area is 96.7 Å². The van der Waals surface area contributed by atoms with E-state index in [4.69, 9.17) is 0 Å². The van der Waals surface area contributed by atoms with Crippen LogP contribution in [0.2, 0.25) is 0 Å². The maximum atomic E-state index is 12.4. The third-order valence-electron chi connectivity index (χ3n) is 2.83. The second-order valence-electron chi connectivity index (χ2n) is 4.18. The molecule has 1 aliphatic rings. The predicted octanol–water partition coefficient (Wildman–Crippen LogP) is 3.31. The van der Waals surface area contributed by atoms with Crippen molar-refractivity contribution in [3.8, 4) is 0 Å². The quantitative estimate of drug-likeness (QED) is 0.848. The van der Waals surface area contributed by atoms with Gasteiger partial charge in [0.1, 0.15) is 4.88 Å². The summed E-state index contributed by atoms with van der Waals surface area (Å²) in [6.45, 7) is 1.97. The highest BCUT2D eigenvalue weighted by atomic mass is 32.1. The van der Waals surface area contributed by atoms with Crippen LogP contribution in [0.15, 0.2) is 12.1 Å². The van der Waals surface area contributed by atoms with Crippen LogP contribution in [-0.4, -0.2) is 13.1 Å². The largest absolute Gasteiger partial charge is 0.425 e. The zero-order chi connectivity index (χ0) is 11.6. The zero-order valence-corrected chi connectivity index (χ0v) is 9.63. The van der Waals surface area contributed by atoms with Crippen molar-refractivity contribution in [2.75, 3.05) is 13.1 Å². The van der Waals surface area contributed by atoms with Gasteiger partial charge < -0.3 is 5.32 Å². The Morgan fingerprint density at radius 1 is 1.38 bits per heavy atom. The molecule has 0 bridgehead atoms. The summed E-state index contributed by atoms with van der Waals surface area (Å²) in [6.07, 6.45) is -1.17. The first-order chi connectivity index (χ1) is 7.55. The van der Waals surface area contributed by atoms with Gasteiger partial charge in [-0.05, 0) is 50.4 Å². The zero-order valence-electron chi connectivity index (χ0n) is 8.81. The van der Waals surface area contributed by atoms with Gasteiger partial charge in [-0.3, -0.25) is 0 Å². The van der Waals surface area contributed by atoms with Crippen LogP contribution >= 0.6 is 11.3 Å². The molecule has 2 heterocycles. The predicted molar refractivity (Wildman–Crippen MR) is 58.6 cm³/mol. The van der Waals surface area contributed by atoms with Crippen LogP contribution in [0, 0.1) is 5.92 Å². The summed E-state index contributed by atoms with van der Waals surface area (Å²) in [5.74, 6) is 0.494. The highest BCUT2D eigenvalue weighted by molar-refractivity contribution is 7.12. The van der Waals surface area contributed by atoms with Gasteiger partial charge in [0.2, 0.25) is 0 Å². The van der Waals surface area contributed by atoms with Crippen molar-refractivity contribution in [1.29, 1.82) is 0 Å². The molecule has 0 aliphatic carbocycles. The third-order valence-corrected chi connectivity index (χ3v) is 3.98. The van der Waals surface area contributed by atoms with Crippen LogP contribution in [0.4, 0.5) is 13.2 Å². The molecule has 5 heteroatoms. The average molecular weight is 249 g/mol. The highest BCUT2D eigenvalue weighted by Crippen LogP contribution is 2.35. The number of thiophene rings is 1. The molecular formula is C11H14F3NS. The first-order valence-electron chi connectivity index (χ1n) is 5.42. The second-order valence-corrected chi connectivity index (χ2v) is 5.35. The lowest BCUT2D eigenvalue weighted by Crippen LogP contribution is -2.30. The summed E-state index contributed by atoms with van der Waals surface area (Å²) in [6, 6.07) is 2.80. The third kappa shape index (κ3) is 2.98. The van der Waals surface area contributed by atoms with Gasteiger partial charge in [0.15, 0.2) is 0 Å². The number of alkyl halides is 3. The van der Waals surface area contributed by atoms with E-state index in [1.54, 1.807) is 6.07 Å². The fourth-order valence-corrected chi connectivity index (χ4v) is 3.01. The van der Waals surface area contributed by atoms with E-state index in [1.807, 2.05) is 0 Å². The van der Waals surface area contributed by atoms with Gasteiger partial charge >= 0.3 is 6.18 Å². The molecule has 0 radical (unpaired) electrons. The van der Waals surface area contributed by atoms with Crippen LogP contribution in [-0.2, 0) is 12.6 Å². The molecular weight excluding hydrogens is 235 g/mol. The molecule has 1 N–H and O–H groups in total. The highest BCUT2D eigenvalue weighted by Gasteiger charge is 2.32. The Morgan fingerprint density at radius 2 is 2.19 bits per heavy atom. The second kappa shape index (κ2) is 4.75. The standard InChI is InChI=1S/C11H14F3NS/c12-11(13,14)10-4-3-9(16-10)6-8-2-1-5-15-7-8/h3-4,8,15H,1-2,5-7H2. The van der Waals surface area contributed by atoms with Crippen molar-refractivity contribution in [1.82, 2.24) is 5.32 Å². The van der Waals surface area contributed by atoms with Gasteiger partial charge in [-0.25, -0.2) is 0 Å². The van der Waals surface area contributed by atoms with Crippen molar-refractivity contribution < 1.29 is 13.2 Å². The average Bonchev–Trinajstić information content (AvgIpc) is 2.67. The summed E-state index contributed by atoms with van der Waals surface area (Å²) < 4.78 is 37.1. The minimum atomic E-state index is -4.19. The smallest absolute Gasteiger partial charge is 0.316 e. The SMILES string of the molecule is FC(F)(F)c1ccc(CC2CCCNC2)s1. The lowest BCUT2D eigenvalue weighted by Gasteiger charge is -2.21. The van der Waals surface area contributed by atoms with E-state index in [2.05, 4.69) is 5.32 Å². The number of hydrogen-bond acceptors (Lipinski definition) is 2. The Hall–Kier alpha value is -0.550. The topological polar surface area (TPSA) is 12.0 Å². The number of hydrogen-bond donors (Lipinski definition) is 1. The first-order valence-corrected chi connectivity index (χ1v) is 6.24. The molecule has 0 aromatic carbocycles. The normalized spacial score (nSPS) is 22.3. The van der Waals surface area contributed by atoms with Crippen LogP contribution in [0.5, 0.6) is 0 Å². The van der Waals surface area contributed by atoms with Crippen LogP contribution in [0.25, 0.3) is 0 Å². The minimum absolute atomic E-state index is 0.480. The molecule has 1 aliphatic heterocycles. The minimum Gasteiger partial charge on any atom is -0.316 e. The lowest BCUT2D eigenvalue weighted by atomic mass is 9.96. The Balaban J connectivity index is 1.97. The molecule has 2 rings (SSSR count). The molecule has 0 amide bonds.